The smallest absolute Gasteiger partial charge is 0.399 e. The zero-order valence-electron chi connectivity index (χ0n) is 6.31. The summed E-state index contributed by atoms with van der Waals surface area (Å²) in [5, 5.41) is 0. The molecule has 0 N–H and O–H groups in total. The fourth-order valence-electron chi connectivity index (χ4n) is 0.850. The van der Waals surface area contributed by atoms with Crippen molar-refractivity contribution in [3.05, 3.63) is 42.8 Å². The van der Waals surface area contributed by atoms with Crippen LogP contribution in [0.1, 0.15) is 0 Å². The average Bonchev–Trinajstić information content (AvgIpc) is 2.59. The first-order chi connectivity index (χ1) is 5.95. The molecule has 0 aliphatic rings. The molecule has 0 bridgehead atoms. The zero-order chi connectivity index (χ0) is 8.23. The molecule has 0 fully saturated rings. The number of hydrogen-bond acceptors (Lipinski definition) is 3. The van der Waals surface area contributed by atoms with Crippen LogP contribution in [0.5, 0.6) is 11.8 Å². The summed E-state index contributed by atoms with van der Waals surface area (Å²) in [5.41, 5.74) is 0. The second-order valence-corrected chi connectivity index (χ2v) is 2.21. The Morgan fingerprint density at radius 2 is 2.00 bits per heavy atom. The average molecular weight is 161 g/mol. The summed E-state index contributed by atoms with van der Waals surface area (Å²) in [4.78, 5) is 3.82. The molecule has 2 aromatic rings. The highest BCUT2D eigenvalue weighted by Gasteiger charge is 1.98. The minimum Gasteiger partial charge on any atom is -0.417 e. The summed E-state index contributed by atoms with van der Waals surface area (Å²) < 4.78 is 10.1. The van der Waals surface area contributed by atoms with E-state index in [4.69, 9.17) is 9.15 Å². The Hall–Kier alpha value is -1.77. The van der Waals surface area contributed by atoms with Gasteiger partial charge in [0.15, 0.2) is 0 Å². The van der Waals surface area contributed by atoms with Crippen LogP contribution in [0.3, 0.4) is 0 Å². The molecule has 3 heteroatoms. The predicted octanol–water partition coefficient (Wildman–Crippen LogP) is 2.47. The van der Waals surface area contributed by atoms with E-state index in [-0.39, 0.29) is 6.08 Å². The molecule has 0 saturated carbocycles. The van der Waals surface area contributed by atoms with E-state index in [1.165, 1.54) is 12.5 Å². The lowest BCUT2D eigenvalue weighted by Gasteiger charge is -1.97. The molecular formula is C9H7NO2. The minimum absolute atomic E-state index is 0.265. The van der Waals surface area contributed by atoms with Crippen molar-refractivity contribution in [1.29, 1.82) is 0 Å². The van der Waals surface area contributed by atoms with E-state index in [0.29, 0.717) is 0 Å². The van der Waals surface area contributed by atoms with E-state index < -0.39 is 0 Å². The Bertz CT molecular complexity index is 329. The van der Waals surface area contributed by atoms with E-state index >= 15 is 0 Å². The third-order valence-corrected chi connectivity index (χ3v) is 1.36. The maximum atomic E-state index is 5.24. The number of rotatable bonds is 2. The van der Waals surface area contributed by atoms with Crippen LogP contribution in [0.15, 0.2) is 47.2 Å². The van der Waals surface area contributed by atoms with Gasteiger partial charge >= 0.3 is 6.08 Å². The topological polar surface area (TPSA) is 35.3 Å². The van der Waals surface area contributed by atoms with Gasteiger partial charge in [0, 0.05) is 0 Å². The van der Waals surface area contributed by atoms with Gasteiger partial charge in [-0.1, -0.05) is 18.2 Å². The Morgan fingerprint density at radius 1 is 1.17 bits per heavy atom. The number of oxazole rings is 1. The normalized spacial score (nSPS) is 9.67. The Kier molecular flexibility index (Phi) is 1.78. The second kappa shape index (κ2) is 3.09. The van der Waals surface area contributed by atoms with Crippen molar-refractivity contribution in [2.45, 2.75) is 0 Å². The number of hydrogen-bond donors (Lipinski definition) is 0. The van der Waals surface area contributed by atoms with Gasteiger partial charge < -0.3 is 9.15 Å². The van der Waals surface area contributed by atoms with Crippen molar-refractivity contribution in [1.82, 2.24) is 4.98 Å². The molecule has 0 unspecified atom stereocenters. The second-order valence-electron chi connectivity index (χ2n) is 2.21. The van der Waals surface area contributed by atoms with Crippen LogP contribution in [0, 0.1) is 0 Å². The molecule has 1 heterocycles. The van der Waals surface area contributed by atoms with Gasteiger partial charge in [-0.3, -0.25) is 0 Å². The van der Waals surface area contributed by atoms with E-state index in [1.54, 1.807) is 0 Å². The Balaban J connectivity index is 2.15. The fourth-order valence-corrected chi connectivity index (χ4v) is 0.850. The maximum Gasteiger partial charge on any atom is 0.399 e. The van der Waals surface area contributed by atoms with Crippen LogP contribution in [0.2, 0.25) is 0 Å². The molecular weight excluding hydrogens is 154 g/mol. The first kappa shape index (κ1) is 6.91. The number of aromatic nitrogens is 1. The van der Waals surface area contributed by atoms with Gasteiger partial charge in [-0.2, -0.15) is 4.98 Å². The lowest BCUT2D eigenvalue weighted by Crippen LogP contribution is -1.81. The SMILES string of the molecule is c1ccc(Oc2ncco2)cc1. The molecule has 0 radical (unpaired) electrons. The number of benzene rings is 1. The highest BCUT2D eigenvalue weighted by Crippen LogP contribution is 2.17. The third-order valence-electron chi connectivity index (χ3n) is 1.36. The van der Waals surface area contributed by atoms with Crippen molar-refractivity contribution in [3.63, 3.8) is 0 Å². The van der Waals surface area contributed by atoms with Crippen molar-refractivity contribution in [2.24, 2.45) is 0 Å². The molecule has 2 rings (SSSR count). The monoisotopic (exact) mass is 161 g/mol. The van der Waals surface area contributed by atoms with E-state index in [0.717, 1.165) is 5.75 Å². The van der Waals surface area contributed by atoms with E-state index in [9.17, 15) is 0 Å². The summed E-state index contributed by atoms with van der Waals surface area (Å²) in [6.45, 7) is 0. The third kappa shape index (κ3) is 1.45. The summed E-state index contributed by atoms with van der Waals surface area (Å²) in [6, 6.07) is 9.37. The standard InChI is InChI=1S/C9H7NO2/c1-2-4-8(5-3-1)12-9-10-6-7-11-9/h1-7H. The van der Waals surface area contributed by atoms with E-state index in [1.807, 2.05) is 30.3 Å². The van der Waals surface area contributed by atoms with Gasteiger partial charge in [-0.05, 0) is 12.1 Å². The summed E-state index contributed by atoms with van der Waals surface area (Å²) in [5.74, 6) is 0.722. The van der Waals surface area contributed by atoms with Gasteiger partial charge in [0.25, 0.3) is 0 Å². The molecule has 1 aromatic heterocycles. The predicted molar refractivity (Wildman–Crippen MR) is 43.0 cm³/mol. The van der Waals surface area contributed by atoms with Crippen LogP contribution in [0.4, 0.5) is 0 Å². The van der Waals surface area contributed by atoms with Gasteiger partial charge in [0.2, 0.25) is 0 Å². The van der Waals surface area contributed by atoms with Gasteiger partial charge in [-0.25, -0.2) is 0 Å². The first-order valence-corrected chi connectivity index (χ1v) is 3.57. The largest absolute Gasteiger partial charge is 0.417 e. The van der Waals surface area contributed by atoms with Crippen molar-refractivity contribution >= 4 is 0 Å². The minimum atomic E-state index is 0.265. The van der Waals surface area contributed by atoms with Crippen molar-refractivity contribution < 1.29 is 9.15 Å². The van der Waals surface area contributed by atoms with Crippen LogP contribution >= 0.6 is 0 Å². The maximum absolute atomic E-state index is 5.24. The molecule has 0 saturated heterocycles. The lowest BCUT2D eigenvalue weighted by atomic mass is 10.3. The quantitative estimate of drug-likeness (QED) is 0.678. The van der Waals surface area contributed by atoms with Crippen molar-refractivity contribution in [3.8, 4) is 11.8 Å². The van der Waals surface area contributed by atoms with Crippen LogP contribution in [-0.4, -0.2) is 4.98 Å². The molecule has 0 spiro atoms. The molecule has 0 aliphatic carbocycles. The van der Waals surface area contributed by atoms with E-state index in [2.05, 4.69) is 4.98 Å². The highest BCUT2D eigenvalue weighted by molar-refractivity contribution is 5.23. The molecule has 1 aromatic carbocycles. The van der Waals surface area contributed by atoms with Crippen LogP contribution in [-0.2, 0) is 0 Å². The lowest BCUT2D eigenvalue weighted by molar-refractivity contribution is 0.331. The van der Waals surface area contributed by atoms with Gasteiger partial charge in [0.05, 0.1) is 6.20 Å². The summed E-state index contributed by atoms with van der Waals surface area (Å²) in [7, 11) is 0. The zero-order valence-corrected chi connectivity index (χ0v) is 6.31. The molecule has 60 valence electrons. The summed E-state index contributed by atoms with van der Waals surface area (Å²) >= 11 is 0. The Labute approximate surface area is 69.6 Å². The Morgan fingerprint density at radius 3 is 2.67 bits per heavy atom. The van der Waals surface area contributed by atoms with Gasteiger partial charge in [0.1, 0.15) is 12.0 Å². The number of ether oxygens (including phenoxy) is 1. The van der Waals surface area contributed by atoms with Crippen molar-refractivity contribution in [2.75, 3.05) is 0 Å². The number of para-hydroxylation sites is 1. The molecule has 0 atom stereocenters. The van der Waals surface area contributed by atoms with Gasteiger partial charge in [-0.15, -0.1) is 0 Å². The molecule has 12 heavy (non-hydrogen) atoms. The molecule has 0 aliphatic heterocycles. The first-order valence-electron chi connectivity index (χ1n) is 3.57. The number of nitrogens with zero attached hydrogens (tertiary/aromatic N) is 1. The van der Waals surface area contributed by atoms with Crippen LogP contribution in [0.25, 0.3) is 0 Å². The summed E-state index contributed by atoms with van der Waals surface area (Å²) in [6.07, 6.45) is 3.28. The fraction of sp³-hybridized carbons (Fsp3) is 0. The highest BCUT2D eigenvalue weighted by atomic mass is 16.6. The molecule has 3 nitrogen and oxygen atoms in total. The molecule has 0 amide bonds. The van der Waals surface area contributed by atoms with Crippen LogP contribution < -0.4 is 4.74 Å².